The number of rotatable bonds is 1. The molecule has 0 spiro atoms. The van der Waals surface area contributed by atoms with Gasteiger partial charge >= 0.3 is 12.1 Å². The second-order valence-electron chi connectivity index (χ2n) is 5.88. The smallest absolute Gasteiger partial charge is 0.477 e. The molecule has 0 aromatic rings. The Hall–Kier alpha value is -1.14. The molecule has 0 bridgehead atoms. The molecule has 1 rings (SSSR count). The number of carboxylic acid groups (broad SMARTS) is 2. The molecular formula is C11H20NO5+. The number of nitrogens with zero attached hydrogens (tertiary/aromatic N) is 1. The lowest BCUT2D eigenvalue weighted by molar-refractivity contribution is -0.929. The fourth-order valence-corrected chi connectivity index (χ4v) is 3.04. The second kappa shape index (κ2) is 3.68. The van der Waals surface area contributed by atoms with Crippen LogP contribution in [0, 0.1) is 0 Å². The molecule has 0 aliphatic carbocycles. The summed E-state index contributed by atoms with van der Waals surface area (Å²) in [6, 6.07) is 0. The third-order valence-corrected chi connectivity index (χ3v) is 3.89. The maximum Gasteiger partial charge on any atom is 0.514 e. The Morgan fingerprint density at radius 3 is 2.00 bits per heavy atom. The summed E-state index contributed by atoms with van der Waals surface area (Å²) in [5, 5.41) is 28.6. The molecule has 0 aromatic heterocycles. The molecule has 0 aromatic carbocycles. The number of amides is 1. The van der Waals surface area contributed by atoms with E-state index in [-0.39, 0.29) is 13.0 Å². The van der Waals surface area contributed by atoms with Crippen LogP contribution in [-0.2, 0) is 4.79 Å². The van der Waals surface area contributed by atoms with E-state index in [4.69, 9.17) is 0 Å². The molecule has 1 heterocycles. The van der Waals surface area contributed by atoms with Crippen LogP contribution in [0.25, 0.3) is 0 Å². The van der Waals surface area contributed by atoms with Crippen molar-refractivity contribution in [3.05, 3.63) is 0 Å². The molecule has 0 saturated carbocycles. The number of carboxylic acids is 1. The maximum atomic E-state index is 11.6. The second-order valence-corrected chi connectivity index (χ2v) is 5.88. The number of aliphatic hydroxyl groups is 1. The van der Waals surface area contributed by atoms with E-state index in [1.807, 2.05) is 0 Å². The van der Waals surface area contributed by atoms with Crippen LogP contribution in [0.1, 0.15) is 34.1 Å². The Bertz CT molecular complexity index is 361. The highest BCUT2D eigenvalue weighted by Gasteiger charge is 2.69. The van der Waals surface area contributed by atoms with Gasteiger partial charge in [0.15, 0.2) is 0 Å². The molecule has 17 heavy (non-hydrogen) atoms. The van der Waals surface area contributed by atoms with Crippen molar-refractivity contribution in [1.29, 1.82) is 0 Å². The van der Waals surface area contributed by atoms with Gasteiger partial charge in [-0.1, -0.05) is 0 Å². The number of aliphatic hydroxyl groups excluding tert-OH is 1. The minimum atomic E-state index is -1.51. The van der Waals surface area contributed by atoms with E-state index in [2.05, 4.69) is 0 Å². The Morgan fingerprint density at radius 2 is 1.76 bits per heavy atom. The number of likely N-dealkylation sites (tertiary alicyclic amines) is 1. The average molecular weight is 246 g/mol. The van der Waals surface area contributed by atoms with Crippen molar-refractivity contribution in [2.75, 3.05) is 6.54 Å². The van der Waals surface area contributed by atoms with Crippen molar-refractivity contribution in [3.63, 3.8) is 0 Å². The lowest BCUT2D eigenvalue weighted by Gasteiger charge is -2.48. The molecule has 6 heteroatoms. The summed E-state index contributed by atoms with van der Waals surface area (Å²) >= 11 is 0. The van der Waals surface area contributed by atoms with E-state index in [9.17, 15) is 24.9 Å². The average Bonchev–Trinajstić information content (AvgIpc) is 2.38. The first kappa shape index (κ1) is 13.9. The summed E-state index contributed by atoms with van der Waals surface area (Å²) in [5.74, 6) is -1.19. The lowest BCUT2D eigenvalue weighted by Crippen LogP contribution is -2.73. The fourth-order valence-electron chi connectivity index (χ4n) is 3.04. The van der Waals surface area contributed by atoms with E-state index >= 15 is 0 Å². The van der Waals surface area contributed by atoms with Crippen molar-refractivity contribution in [3.8, 4) is 0 Å². The lowest BCUT2D eigenvalue weighted by atomic mass is 9.90. The van der Waals surface area contributed by atoms with Gasteiger partial charge in [0.05, 0.1) is 0 Å². The molecule has 1 aliphatic rings. The van der Waals surface area contributed by atoms with Crippen LogP contribution in [0.5, 0.6) is 0 Å². The van der Waals surface area contributed by atoms with Gasteiger partial charge < -0.3 is 15.3 Å². The summed E-state index contributed by atoms with van der Waals surface area (Å²) in [7, 11) is 0. The van der Waals surface area contributed by atoms with Crippen LogP contribution >= 0.6 is 0 Å². The fraction of sp³-hybridized carbons (Fsp3) is 0.818. The van der Waals surface area contributed by atoms with Gasteiger partial charge in [-0.2, -0.15) is 4.79 Å². The molecule has 3 atom stereocenters. The number of quaternary nitrogens is 1. The predicted molar refractivity (Wildman–Crippen MR) is 59.6 cm³/mol. The Kier molecular flexibility index (Phi) is 3.01. The molecule has 0 radical (unpaired) electrons. The van der Waals surface area contributed by atoms with Crippen LogP contribution in [0.15, 0.2) is 0 Å². The Morgan fingerprint density at radius 1 is 1.29 bits per heavy atom. The molecule has 1 saturated heterocycles. The van der Waals surface area contributed by atoms with Crippen molar-refractivity contribution in [2.45, 2.75) is 51.3 Å². The standard InChI is InChI=1S/C11H19NO5/c1-10(2,3)12(9(16)17)6-7(13)5-11(12,4)8(14)15/h7,13H,5-6H2,1-4H3,(H-,14,15,16,17)/p+1/t7-,11+,12?/m1/s1. The zero-order chi connectivity index (χ0) is 13.6. The van der Waals surface area contributed by atoms with E-state index in [1.165, 1.54) is 6.92 Å². The highest BCUT2D eigenvalue weighted by atomic mass is 16.4. The number of carbonyl (C=O) groups is 2. The quantitative estimate of drug-likeness (QED) is 0.597. The summed E-state index contributed by atoms with van der Waals surface area (Å²) in [5.41, 5.74) is -2.32. The minimum Gasteiger partial charge on any atom is -0.477 e. The van der Waals surface area contributed by atoms with Crippen molar-refractivity contribution in [2.24, 2.45) is 0 Å². The van der Waals surface area contributed by atoms with Gasteiger partial charge in [-0.25, -0.2) is 9.28 Å². The van der Waals surface area contributed by atoms with Gasteiger partial charge in [-0.3, -0.25) is 0 Å². The number of aliphatic carboxylic acids is 1. The topological polar surface area (TPSA) is 94.8 Å². The van der Waals surface area contributed by atoms with E-state index in [0.29, 0.717) is 0 Å². The summed E-state index contributed by atoms with van der Waals surface area (Å²) in [4.78, 5) is 23.1. The summed E-state index contributed by atoms with van der Waals surface area (Å²) in [6.07, 6.45) is -2.17. The normalized spacial score (nSPS) is 38.1. The van der Waals surface area contributed by atoms with Crippen LogP contribution in [0.2, 0.25) is 0 Å². The van der Waals surface area contributed by atoms with Crippen LogP contribution < -0.4 is 0 Å². The van der Waals surface area contributed by atoms with Crippen molar-refractivity contribution < 1.29 is 29.4 Å². The third kappa shape index (κ3) is 1.63. The van der Waals surface area contributed by atoms with Gasteiger partial charge in [0.25, 0.3) is 0 Å². The van der Waals surface area contributed by atoms with Crippen LogP contribution in [0.4, 0.5) is 4.79 Å². The molecule has 98 valence electrons. The first-order valence-electron chi connectivity index (χ1n) is 5.52. The summed E-state index contributed by atoms with van der Waals surface area (Å²) < 4.78 is -0.656. The van der Waals surface area contributed by atoms with Crippen LogP contribution in [0.3, 0.4) is 0 Å². The molecule has 6 nitrogen and oxygen atoms in total. The molecule has 1 unspecified atom stereocenters. The van der Waals surface area contributed by atoms with E-state index in [1.54, 1.807) is 20.8 Å². The van der Waals surface area contributed by atoms with E-state index in [0.717, 1.165) is 0 Å². The molecule has 3 N–H and O–H groups in total. The monoisotopic (exact) mass is 246 g/mol. The SMILES string of the molecule is CC(C)(C)[N+]1(C(=O)O)C[C@H](O)C[C@@]1(C)C(=O)O. The minimum absolute atomic E-state index is 0.0497. The van der Waals surface area contributed by atoms with Gasteiger partial charge in [0, 0.05) is 13.3 Å². The summed E-state index contributed by atoms with van der Waals surface area (Å²) in [6.45, 7) is 6.35. The molecule has 1 fully saturated rings. The first-order valence-corrected chi connectivity index (χ1v) is 5.52. The van der Waals surface area contributed by atoms with Crippen LogP contribution in [-0.4, -0.2) is 55.6 Å². The van der Waals surface area contributed by atoms with Gasteiger partial charge in [0.1, 0.15) is 18.2 Å². The molecule has 1 amide bonds. The largest absolute Gasteiger partial charge is 0.514 e. The molecule has 1 aliphatic heterocycles. The van der Waals surface area contributed by atoms with Gasteiger partial charge in [0.2, 0.25) is 5.54 Å². The number of hydrogen-bond donors (Lipinski definition) is 3. The maximum absolute atomic E-state index is 11.6. The Labute approximate surface area is 100 Å². The predicted octanol–water partition coefficient (Wildman–Crippen LogP) is 0.888. The van der Waals surface area contributed by atoms with Gasteiger partial charge in [-0.05, 0) is 20.8 Å². The highest BCUT2D eigenvalue weighted by Crippen LogP contribution is 2.44. The zero-order valence-corrected chi connectivity index (χ0v) is 10.6. The highest BCUT2D eigenvalue weighted by molar-refractivity contribution is 5.80. The van der Waals surface area contributed by atoms with E-state index < -0.39 is 33.7 Å². The van der Waals surface area contributed by atoms with Crippen molar-refractivity contribution in [1.82, 2.24) is 0 Å². The number of hydrogen-bond acceptors (Lipinski definition) is 3. The zero-order valence-electron chi connectivity index (χ0n) is 10.6. The third-order valence-electron chi connectivity index (χ3n) is 3.89. The van der Waals surface area contributed by atoms with Gasteiger partial charge in [-0.15, -0.1) is 0 Å². The Balaban J connectivity index is 3.49. The van der Waals surface area contributed by atoms with Crippen molar-refractivity contribution >= 4 is 12.1 Å². The molecular weight excluding hydrogens is 226 g/mol. The first-order chi connectivity index (χ1) is 7.49.